The van der Waals surface area contributed by atoms with E-state index in [0.717, 1.165) is 13.5 Å². The zero-order valence-electron chi connectivity index (χ0n) is 12.4. The number of unbranched alkanes of at least 4 members (excludes halogenated alkanes) is 1. The van der Waals surface area contributed by atoms with E-state index in [-0.39, 0.29) is 6.61 Å². The molecule has 0 radical (unpaired) electrons. The average molecular weight is 290 g/mol. The number of hydrogen-bond donors (Lipinski definition) is 0. The molecule has 0 N–H and O–H groups in total. The van der Waals surface area contributed by atoms with Gasteiger partial charge in [0.15, 0.2) is 5.60 Å². The van der Waals surface area contributed by atoms with E-state index in [1.54, 1.807) is 0 Å². The summed E-state index contributed by atoms with van der Waals surface area (Å²) in [5.74, 6) is -2.14. The van der Waals surface area contributed by atoms with E-state index in [1.165, 1.54) is 14.2 Å². The van der Waals surface area contributed by atoms with Crippen LogP contribution >= 0.6 is 0 Å². The maximum Gasteiger partial charge on any atom is 0.339 e. The van der Waals surface area contributed by atoms with Crippen LogP contribution in [0.3, 0.4) is 0 Å². The van der Waals surface area contributed by atoms with Gasteiger partial charge in [-0.1, -0.05) is 13.3 Å². The standard InChI is InChI=1S/C13H22O7/c1-5-6-7-20-13(12(16)19-4,8-10(14)17-2)9-11(15)18-3/h5-9H2,1-4H3. The quantitative estimate of drug-likeness (QED) is 0.353. The Kier molecular flexibility index (Phi) is 8.54. The minimum Gasteiger partial charge on any atom is -0.469 e. The Hall–Kier alpha value is -1.63. The Morgan fingerprint density at radius 3 is 1.75 bits per heavy atom. The molecule has 0 rings (SSSR count). The van der Waals surface area contributed by atoms with Crippen LogP contribution in [0.2, 0.25) is 0 Å². The van der Waals surface area contributed by atoms with E-state index in [4.69, 9.17) is 4.74 Å². The van der Waals surface area contributed by atoms with Crippen molar-refractivity contribution >= 4 is 17.9 Å². The van der Waals surface area contributed by atoms with E-state index in [1.807, 2.05) is 6.92 Å². The molecule has 20 heavy (non-hydrogen) atoms. The normalized spacial score (nSPS) is 10.8. The molecule has 0 saturated heterocycles. The van der Waals surface area contributed by atoms with Crippen LogP contribution in [0.5, 0.6) is 0 Å². The van der Waals surface area contributed by atoms with Crippen LogP contribution in [-0.2, 0) is 33.3 Å². The van der Waals surface area contributed by atoms with Gasteiger partial charge in [0.1, 0.15) is 0 Å². The summed E-state index contributed by atoms with van der Waals surface area (Å²) in [6, 6.07) is 0. The van der Waals surface area contributed by atoms with E-state index in [9.17, 15) is 14.4 Å². The van der Waals surface area contributed by atoms with Gasteiger partial charge in [0.2, 0.25) is 0 Å². The number of hydrogen-bond acceptors (Lipinski definition) is 7. The van der Waals surface area contributed by atoms with Gasteiger partial charge in [-0.3, -0.25) is 9.59 Å². The predicted molar refractivity (Wildman–Crippen MR) is 68.9 cm³/mol. The molecule has 0 amide bonds. The van der Waals surface area contributed by atoms with Gasteiger partial charge in [0, 0.05) is 6.61 Å². The molecule has 0 fully saturated rings. The van der Waals surface area contributed by atoms with Gasteiger partial charge < -0.3 is 18.9 Å². The molecular weight excluding hydrogens is 268 g/mol. The second-order valence-electron chi connectivity index (χ2n) is 4.19. The first-order chi connectivity index (χ1) is 9.45. The first-order valence-electron chi connectivity index (χ1n) is 6.31. The molecule has 0 unspecified atom stereocenters. The third kappa shape index (κ3) is 5.56. The smallest absolute Gasteiger partial charge is 0.339 e. The number of carbonyl (C=O) groups excluding carboxylic acids is 3. The monoisotopic (exact) mass is 290 g/mol. The van der Waals surface area contributed by atoms with Crippen LogP contribution in [0.25, 0.3) is 0 Å². The largest absolute Gasteiger partial charge is 0.469 e. The summed E-state index contributed by atoms with van der Waals surface area (Å²) in [5, 5.41) is 0. The summed E-state index contributed by atoms with van der Waals surface area (Å²) in [5.41, 5.74) is -1.70. The van der Waals surface area contributed by atoms with Crippen molar-refractivity contribution in [3.8, 4) is 0 Å². The highest BCUT2D eigenvalue weighted by atomic mass is 16.6. The van der Waals surface area contributed by atoms with Crippen LogP contribution < -0.4 is 0 Å². The van der Waals surface area contributed by atoms with Crippen molar-refractivity contribution in [1.82, 2.24) is 0 Å². The van der Waals surface area contributed by atoms with Gasteiger partial charge in [0.25, 0.3) is 0 Å². The van der Waals surface area contributed by atoms with E-state index in [0.29, 0.717) is 6.42 Å². The summed E-state index contributed by atoms with van der Waals surface area (Å²) in [6.45, 7) is 2.17. The molecule has 0 atom stereocenters. The highest BCUT2D eigenvalue weighted by molar-refractivity contribution is 5.90. The summed E-state index contributed by atoms with van der Waals surface area (Å²) in [7, 11) is 3.54. The van der Waals surface area contributed by atoms with Crippen molar-refractivity contribution in [2.24, 2.45) is 0 Å². The lowest BCUT2D eigenvalue weighted by atomic mass is 9.95. The Balaban J connectivity index is 5.20. The molecule has 116 valence electrons. The van der Waals surface area contributed by atoms with Crippen molar-refractivity contribution in [1.29, 1.82) is 0 Å². The third-order valence-corrected chi connectivity index (χ3v) is 2.75. The van der Waals surface area contributed by atoms with Gasteiger partial charge in [-0.15, -0.1) is 0 Å². The molecule has 0 aliphatic heterocycles. The Bertz CT molecular complexity index is 320. The number of carbonyl (C=O) groups is 3. The molecule has 0 spiro atoms. The SMILES string of the molecule is CCCCOC(CC(=O)OC)(CC(=O)OC)C(=O)OC. The molecule has 0 bridgehead atoms. The molecular formula is C13H22O7. The minimum absolute atomic E-state index is 0.222. The fraction of sp³-hybridized carbons (Fsp3) is 0.769. The Labute approximate surface area is 118 Å². The lowest BCUT2D eigenvalue weighted by Gasteiger charge is -2.29. The Morgan fingerprint density at radius 1 is 0.900 bits per heavy atom. The molecule has 0 aromatic rings. The molecule has 0 aliphatic carbocycles. The highest BCUT2D eigenvalue weighted by Crippen LogP contribution is 2.25. The lowest BCUT2D eigenvalue weighted by molar-refractivity contribution is -0.182. The van der Waals surface area contributed by atoms with Gasteiger partial charge >= 0.3 is 17.9 Å². The van der Waals surface area contributed by atoms with Gasteiger partial charge in [-0.25, -0.2) is 4.79 Å². The second kappa shape index (κ2) is 9.30. The van der Waals surface area contributed by atoms with Crippen molar-refractivity contribution in [3.63, 3.8) is 0 Å². The summed E-state index contributed by atoms with van der Waals surface area (Å²) in [4.78, 5) is 34.9. The van der Waals surface area contributed by atoms with E-state index >= 15 is 0 Å². The molecule has 0 aromatic heterocycles. The van der Waals surface area contributed by atoms with Gasteiger partial charge in [0.05, 0.1) is 34.2 Å². The van der Waals surface area contributed by atoms with Crippen LogP contribution in [0.1, 0.15) is 32.6 Å². The third-order valence-electron chi connectivity index (χ3n) is 2.75. The summed E-state index contributed by atoms with van der Waals surface area (Å²) >= 11 is 0. The summed E-state index contributed by atoms with van der Waals surface area (Å²) in [6.07, 6.45) is 0.707. The predicted octanol–water partition coefficient (Wildman–Crippen LogP) is 0.841. The van der Waals surface area contributed by atoms with Crippen molar-refractivity contribution in [2.75, 3.05) is 27.9 Å². The van der Waals surface area contributed by atoms with Gasteiger partial charge in [-0.05, 0) is 6.42 Å². The molecule has 0 saturated carbocycles. The molecule has 7 nitrogen and oxygen atoms in total. The fourth-order valence-electron chi connectivity index (χ4n) is 1.58. The van der Waals surface area contributed by atoms with Crippen molar-refractivity contribution in [3.05, 3.63) is 0 Å². The minimum atomic E-state index is -1.70. The number of ether oxygens (including phenoxy) is 4. The molecule has 0 aromatic carbocycles. The number of rotatable bonds is 9. The second-order valence-corrected chi connectivity index (χ2v) is 4.19. The number of esters is 3. The lowest BCUT2D eigenvalue weighted by Crippen LogP contribution is -2.47. The van der Waals surface area contributed by atoms with Crippen LogP contribution in [0, 0.1) is 0 Å². The maximum absolute atomic E-state index is 12.0. The van der Waals surface area contributed by atoms with Crippen molar-refractivity contribution < 1.29 is 33.3 Å². The zero-order valence-corrected chi connectivity index (χ0v) is 12.4. The first-order valence-corrected chi connectivity index (χ1v) is 6.31. The molecule has 7 heteroatoms. The Morgan fingerprint density at radius 2 is 1.40 bits per heavy atom. The fourth-order valence-corrected chi connectivity index (χ4v) is 1.58. The van der Waals surface area contributed by atoms with Crippen LogP contribution in [-0.4, -0.2) is 51.4 Å². The van der Waals surface area contributed by atoms with E-state index < -0.39 is 36.4 Å². The topological polar surface area (TPSA) is 88.1 Å². The van der Waals surface area contributed by atoms with E-state index in [2.05, 4.69) is 14.2 Å². The molecule has 0 heterocycles. The maximum atomic E-state index is 12.0. The first kappa shape index (κ1) is 18.4. The highest BCUT2D eigenvalue weighted by Gasteiger charge is 2.45. The van der Waals surface area contributed by atoms with Gasteiger partial charge in [-0.2, -0.15) is 0 Å². The van der Waals surface area contributed by atoms with Crippen LogP contribution in [0.15, 0.2) is 0 Å². The van der Waals surface area contributed by atoms with Crippen LogP contribution in [0.4, 0.5) is 0 Å². The average Bonchev–Trinajstić information content (AvgIpc) is 2.45. The molecule has 0 aliphatic rings. The number of methoxy groups -OCH3 is 3. The summed E-state index contributed by atoms with van der Waals surface area (Å²) < 4.78 is 19.2. The van der Waals surface area contributed by atoms with Crippen molar-refractivity contribution in [2.45, 2.75) is 38.2 Å². The zero-order chi connectivity index (χ0) is 15.6.